The number of hydrazone groups is 1. The fourth-order valence-corrected chi connectivity index (χ4v) is 2.56. The van der Waals surface area contributed by atoms with Crippen molar-refractivity contribution in [2.75, 3.05) is 6.61 Å². The number of para-hydroxylation sites is 1. The summed E-state index contributed by atoms with van der Waals surface area (Å²) in [6, 6.07) is 15.9. The fraction of sp³-hybridized carbons (Fsp3) is 0.105. The number of carbonyl (C=O) groups excluding carboxylic acids is 1. The molecule has 0 saturated carbocycles. The SMILES string of the molecule is Cc1[nH]n(-c2ccccc2)c(=O)c1/C=N\NC(=O)COc1cccc(Cl)c1. The van der Waals surface area contributed by atoms with Gasteiger partial charge in [-0.15, -0.1) is 0 Å². The van der Waals surface area contributed by atoms with Crippen molar-refractivity contribution >= 4 is 23.7 Å². The van der Waals surface area contributed by atoms with Crippen LogP contribution < -0.4 is 15.7 Å². The monoisotopic (exact) mass is 384 g/mol. The summed E-state index contributed by atoms with van der Waals surface area (Å²) < 4.78 is 6.74. The van der Waals surface area contributed by atoms with Crippen LogP contribution in [0.15, 0.2) is 64.5 Å². The number of benzene rings is 2. The summed E-state index contributed by atoms with van der Waals surface area (Å²) in [5.74, 6) is 0.0247. The van der Waals surface area contributed by atoms with Crippen LogP contribution in [-0.4, -0.2) is 28.5 Å². The molecule has 3 aromatic rings. The predicted molar refractivity (Wildman–Crippen MR) is 104 cm³/mol. The molecule has 0 aliphatic rings. The van der Waals surface area contributed by atoms with Gasteiger partial charge in [0.1, 0.15) is 5.75 Å². The Morgan fingerprint density at radius 2 is 2.04 bits per heavy atom. The predicted octanol–water partition coefficient (Wildman–Crippen LogP) is 2.66. The highest BCUT2D eigenvalue weighted by molar-refractivity contribution is 6.30. The molecule has 0 aliphatic carbocycles. The molecule has 0 fully saturated rings. The minimum atomic E-state index is -0.456. The maximum Gasteiger partial charge on any atom is 0.280 e. The lowest BCUT2D eigenvalue weighted by atomic mass is 10.3. The molecule has 0 aliphatic heterocycles. The summed E-state index contributed by atoms with van der Waals surface area (Å²) in [5.41, 5.74) is 3.78. The zero-order chi connectivity index (χ0) is 19.2. The zero-order valence-electron chi connectivity index (χ0n) is 14.5. The van der Waals surface area contributed by atoms with E-state index in [1.54, 1.807) is 31.2 Å². The minimum absolute atomic E-state index is 0.224. The third-order valence-corrected chi connectivity index (χ3v) is 3.92. The first-order chi connectivity index (χ1) is 13.0. The number of H-pyrrole nitrogens is 1. The van der Waals surface area contributed by atoms with Gasteiger partial charge in [0.05, 0.1) is 17.5 Å². The first-order valence-corrected chi connectivity index (χ1v) is 8.49. The van der Waals surface area contributed by atoms with E-state index in [0.29, 0.717) is 27.7 Å². The van der Waals surface area contributed by atoms with Crippen molar-refractivity contribution in [2.45, 2.75) is 6.92 Å². The lowest BCUT2D eigenvalue weighted by Gasteiger charge is -2.04. The van der Waals surface area contributed by atoms with Crippen molar-refractivity contribution in [3.05, 3.63) is 81.2 Å². The van der Waals surface area contributed by atoms with Gasteiger partial charge in [0.2, 0.25) is 0 Å². The summed E-state index contributed by atoms with van der Waals surface area (Å²) in [5, 5.41) is 7.34. The summed E-state index contributed by atoms with van der Waals surface area (Å²) in [6.07, 6.45) is 1.31. The molecule has 0 unspecified atom stereocenters. The average molecular weight is 385 g/mol. The summed E-state index contributed by atoms with van der Waals surface area (Å²) >= 11 is 5.85. The molecule has 3 rings (SSSR count). The number of ether oxygens (including phenoxy) is 1. The van der Waals surface area contributed by atoms with E-state index in [1.165, 1.54) is 10.9 Å². The molecule has 27 heavy (non-hydrogen) atoms. The van der Waals surface area contributed by atoms with Crippen molar-refractivity contribution in [1.29, 1.82) is 0 Å². The van der Waals surface area contributed by atoms with Gasteiger partial charge < -0.3 is 4.74 Å². The van der Waals surface area contributed by atoms with E-state index in [2.05, 4.69) is 15.6 Å². The molecule has 2 N–H and O–H groups in total. The van der Waals surface area contributed by atoms with E-state index < -0.39 is 5.91 Å². The molecule has 1 heterocycles. The van der Waals surface area contributed by atoms with Crippen molar-refractivity contribution in [2.24, 2.45) is 5.10 Å². The number of carbonyl (C=O) groups is 1. The first kappa shape index (κ1) is 18.5. The topological polar surface area (TPSA) is 88.5 Å². The summed E-state index contributed by atoms with van der Waals surface area (Å²) in [6.45, 7) is 1.53. The molecule has 0 bridgehead atoms. The smallest absolute Gasteiger partial charge is 0.280 e. The molecule has 0 radical (unpaired) electrons. The van der Waals surface area contributed by atoms with E-state index >= 15 is 0 Å². The largest absolute Gasteiger partial charge is 0.484 e. The zero-order valence-corrected chi connectivity index (χ0v) is 15.2. The van der Waals surface area contributed by atoms with Gasteiger partial charge in [-0.3, -0.25) is 14.7 Å². The Labute approximate surface area is 160 Å². The Morgan fingerprint density at radius 3 is 2.78 bits per heavy atom. The number of aryl methyl sites for hydroxylation is 1. The second-order valence-electron chi connectivity index (χ2n) is 5.67. The van der Waals surface area contributed by atoms with Crippen LogP contribution in [0, 0.1) is 6.92 Å². The van der Waals surface area contributed by atoms with Gasteiger partial charge in [0.25, 0.3) is 11.5 Å². The molecule has 1 aromatic heterocycles. The maximum atomic E-state index is 12.5. The number of aromatic amines is 1. The first-order valence-electron chi connectivity index (χ1n) is 8.12. The summed E-state index contributed by atoms with van der Waals surface area (Å²) in [4.78, 5) is 24.3. The Kier molecular flexibility index (Phi) is 5.73. The number of rotatable bonds is 6. The van der Waals surface area contributed by atoms with E-state index in [0.717, 1.165) is 0 Å². The second-order valence-corrected chi connectivity index (χ2v) is 6.10. The van der Waals surface area contributed by atoms with Gasteiger partial charge in [0.15, 0.2) is 6.61 Å². The van der Waals surface area contributed by atoms with Crippen molar-refractivity contribution in [3.63, 3.8) is 0 Å². The van der Waals surface area contributed by atoms with Gasteiger partial charge in [-0.25, -0.2) is 10.1 Å². The van der Waals surface area contributed by atoms with Gasteiger partial charge >= 0.3 is 0 Å². The summed E-state index contributed by atoms with van der Waals surface area (Å²) in [7, 11) is 0. The number of aromatic nitrogens is 2. The lowest BCUT2D eigenvalue weighted by Crippen LogP contribution is -2.25. The standard InChI is InChI=1S/C19H17ClN4O3/c1-13-17(19(26)24(23-13)15-7-3-2-4-8-15)11-21-22-18(25)12-27-16-9-5-6-14(20)10-16/h2-11,23H,12H2,1H3,(H,22,25)/b21-11-. The molecular weight excluding hydrogens is 368 g/mol. The van der Waals surface area contributed by atoms with Crippen molar-refractivity contribution in [3.8, 4) is 11.4 Å². The lowest BCUT2D eigenvalue weighted by molar-refractivity contribution is -0.123. The molecular formula is C19H17ClN4O3. The molecule has 7 nitrogen and oxygen atoms in total. The van der Waals surface area contributed by atoms with Crippen molar-refractivity contribution in [1.82, 2.24) is 15.2 Å². The minimum Gasteiger partial charge on any atom is -0.484 e. The third-order valence-electron chi connectivity index (χ3n) is 3.68. The number of halogens is 1. The van der Waals surface area contributed by atoms with Crippen LogP contribution in [0.25, 0.3) is 5.69 Å². The molecule has 1 amide bonds. The van der Waals surface area contributed by atoms with Crippen LogP contribution >= 0.6 is 11.6 Å². The van der Waals surface area contributed by atoms with Gasteiger partial charge in [-0.2, -0.15) is 5.10 Å². The fourth-order valence-electron chi connectivity index (χ4n) is 2.38. The molecule has 2 aromatic carbocycles. The molecule has 0 saturated heterocycles. The Hall–Kier alpha value is -3.32. The van der Waals surface area contributed by atoms with Crippen LogP contribution in [0.2, 0.25) is 5.02 Å². The Bertz CT molecular complexity index is 1020. The van der Waals surface area contributed by atoms with E-state index in [1.807, 2.05) is 30.3 Å². The van der Waals surface area contributed by atoms with Crippen LogP contribution in [0.5, 0.6) is 5.75 Å². The van der Waals surface area contributed by atoms with Crippen LogP contribution in [-0.2, 0) is 4.79 Å². The molecule has 8 heteroatoms. The van der Waals surface area contributed by atoms with E-state index in [-0.39, 0.29) is 12.2 Å². The number of nitrogens with zero attached hydrogens (tertiary/aromatic N) is 2. The highest BCUT2D eigenvalue weighted by atomic mass is 35.5. The number of hydrogen-bond acceptors (Lipinski definition) is 4. The Balaban J connectivity index is 1.62. The quantitative estimate of drug-likeness (QED) is 0.506. The van der Waals surface area contributed by atoms with E-state index in [9.17, 15) is 9.59 Å². The molecule has 138 valence electrons. The Morgan fingerprint density at radius 1 is 1.26 bits per heavy atom. The molecule has 0 spiro atoms. The van der Waals surface area contributed by atoms with Gasteiger partial charge in [-0.1, -0.05) is 35.9 Å². The number of hydrogen-bond donors (Lipinski definition) is 2. The van der Waals surface area contributed by atoms with Crippen LogP contribution in [0.4, 0.5) is 0 Å². The number of amides is 1. The highest BCUT2D eigenvalue weighted by Gasteiger charge is 2.10. The van der Waals surface area contributed by atoms with Crippen LogP contribution in [0.1, 0.15) is 11.3 Å². The normalized spacial score (nSPS) is 10.9. The second kappa shape index (κ2) is 8.37. The van der Waals surface area contributed by atoms with Crippen LogP contribution in [0.3, 0.4) is 0 Å². The number of nitrogens with one attached hydrogen (secondary N) is 2. The molecule has 0 atom stereocenters. The van der Waals surface area contributed by atoms with E-state index in [4.69, 9.17) is 16.3 Å². The highest BCUT2D eigenvalue weighted by Crippen LogP contribution is 2.16. The van der Waals surface area contributed by atoms with Gasteiger partial charge in [-0.05, 0) is 37.3 Å². The third kappa shape index (κ3) is 4.65. The van der Waals surface area contributed by atoms with Crippen molar-refractivity contribution < 1.29 is 9.53 Å². The maximum absolute atomic E-state index is 12.5. The average Bonchev–Trinajstić information content (AvgIpc) is 2.95. The van der Waals surface area contributed by atoms with Gasteiger partial charge in [0, 0.05) is 10.7 Å².